The van der Waals surface area contributed by atoms with Crippen LogP contribution in [0, 0.1) is 12.8 Å². The number of pyridine rings is 1. The van der Waals surface area contributed by atoms with Crippen LogP contribution < -0.4 is 16.4 Å². The van der Waals surface area contributed by atoms with Crippen molar-refractivity contribution in [3.8, 4) is 0 Å². The Balaban J connectivity index is 2.36. The van der Waals surface area contributed by atoms with E-state index in [2.05, 4.69) is 20.9 Å². The largest absolute Gasteiger partial charge is 0.395 e. The van der Waals surface area contributed by atoms with Crippen molar-refractivity contribution in [2.24, 2.45) is 11.7 Å². The number of carbonyl (C=O) groups excluding carboxylic acids is 2. The molecule has 2 heterocycles. The molecule has 4 N–H and O–H groups in total. The third kappa shape index (κ3) is 2.05. The Morgan fingerprint density at radius 2 is 2.28 bits per heavy atom. The van der Waals surface area contributed by atoms with Gasteiger partial charge in [0.2, 0.25) is 11.8 Å². The summed E-state index contributed by atoms with van der Waals surface area (Å²) in [6.45, 7) is 2.07. The highest BCUT2D eigenvalue weighted by Gasteiger charge is 2.35. The molecular formula is C11H13BrN4O2. The van der Waals surface area contributed by atoms with E-state index in [-0.39, 0.29) is 18.9 Å². The summed E-state index contributed by atoms with van der Waals surface area (Å²) in [5, 5.41) is 0. The molecule has 6 nitrogen and oxygen atoms in total. The topological polar surface area (TPSA) is 102 Å². The minimum atomic E-state index is -0.474. The van der Waals surface area contributed by atoms with Gasteiger partial charge in [-0.1, -0.05) is 0 Å². The maximum atomic E-state index is 11.8. The number of halogens is 1. The third-order valence-electron chi connectivity index (χ3n) is 3.09. The van der Waals surface area contributed by atoms with Gasteiger partial charge in [-0.05, 0) is 28.4 Å². The molecule has 1 aromatic heterocycles. The number of nitrogens with zero attached hydrogens (tertiary/aromatic N) is 2. The van der Waals surface area contributed by atoms with Crippen molar-refractivity contribution in [1.82, 2.24) is 4.98 Å². The highest BCUT2D eigenvalue weighted by Crippen LogP contribution is 2.32. The van der Waals surface area contributed by atoms with Crippen LogP contribution in [-0.2, 0) is 9.59 Å². The maximum absolute atomic E-state index is 11.8. The van der Waals surface area contributed by atoms with Crippen molar-refractivity contribution in [3.63, 3.8) is 0 Å². The zero-order valence-corrected chi connectivity index (χ0v) is 11.4. The number of amides is 2. The number of nitrogens with two attached hydrogens (primary N) is 2. The summed E-state index contributed by atoms with van der Waals surface area (Å²) in [5.74, 6) is -0.731. The third-order valence-corrected chi connectivity index (χ3v) is 3.89. The molecule has 0 radical (unpaired) electrons. The summed E-state index contributed by atoms with van der Waals surface area (Å²) in [7, 11) is 0. The van der Waals surface area contributed by atoms with Gasteiger partial charge in [0.05, 0.1) is 11.6 Å². The number of primary amides is 1. The quantitative estimate of drug-likeness (QED) is 0.833. The first-order valence-corrected chi connectivity index (χ1v) is 6.21. The number of nitrogen functional groups attached to an aromatic ring is 1. The maximum Gasteiger partial charge on any atom is 0.229 e. The molecule has 0 saturated carbocycles. The van der Waals surface area contributed by atoms with E-state index < -0.39 is 11.8 Å². The molecule has 1 saturated heterocycles. The summed E-state index contributed by atoms with van der Waals surface area (Å²) in [4.78, 5) is 28.5. The SMILES string of the molecule is Cc1c(Br)cnc(N2CC(C(N)=O)CC2=O)c1N. The lowest BCUT2D eigenvalue weighted by atomic mass is 10.1. The van der Waals surface area contributed by atoms with Crippen molar-refractivity contribution < 1.29 is 9.59 Å². The van der Waals surface area contributed by atoms with E-state index in [1.165, 1.54) is 4.90 Å². The molecule has 1 unspecified atom stereocenters. The van der Waals surface area contributed by atoms with Crippen molar-refractivity contribution in [1.29, 1.82) is 0 Å². The number of hydrogen-bond acceptors (Lipinski definition) is 4. The van der Waals surface area contributed by atoms with Crippen LogP contribution in [0.25, 0.3) is 0 Å². The van der Waals surface area contributed by atoms with Gasteiger partial charge in [0, 0.05) is 23.6 Å². The Bertz CT molecular complexity index is 532. The first-order valence-electron chi connectivity index (χ1n) is 5.42. The zero-order valence-electron chi connectivity index (χ0n) is 9.81. The molecule has 1 aliphatic heterocycles. The standard InChI is InChI=1S/C11H13BrN4O2/c1-5-7(12)3-15-11(9(5)13)16-4-6(10(14)18)2-8(16)17/h3,6H,2,4,13H2,1H3,(H2,14,18). The Hall–Kier alpha value is -1.63. The van der Waals surface area contributed by atoms with Crippen LogP contribution in [0.2, 0.25) is 0 Å². The van der Waals surface area contributed by atoms with Gasteiger partial charge >= 0.3 is 0 Å². The molecule has 1 atom stereocenters. The van der Waals surface area contributed by atoms with Gasteiger partial charge < -0.3 is 11.5 Å². The molecule has 0 bridgehead atoms. The van der Waals surface area contributed by atoms with Crippen LogP contribution in [0.4, 0.5) is 11.5 Å². The van der Waals surface area contributed by atoms with Crippen LogP contribution in [0.1, 0.15) is 12.0 Å². The highest BCUT2D eigenvalue weighted by atomic mass is 79.9. The Morgan fingerprint density at radius 1 is 1.61 bits per heavy atom. The molecule has 0 aliphatic carbocycles. The van der Waals surface area contributed by atoms with Crippen molar-refractivity contribution in [2.75, 3.05) is 17.2 Å². The van der Waals surface area contributed by atoms with Crippen LogP contribution in [0.3, 0.4) is 0 Å². The molecule has 1 aromatic rings. The first-order chi connectivity index (χ1) is 8.41. The lowest BCUT2D eigenvalue weighted by Crippen LogP contribution is -2.29. The van der Waals surface area contributed by atoms with Crippen LogP contribution in [-0.4, -0.2) is 23.3 Å². The molecule has 1 fully saturated rings. The molecule has 2 rings (SSSR count). The molecule has 96 valence electrons. The predicted molar refractivity (Wildman–Crippen MR) is 70.7 cm³/mol. The zero-order chi connectivity index (χ0) is 13.4. The van der Waals surface area contributed by atoms with Crippen LogP contribution >= 0.6 is 15.9 Å². The Kier molecular flexibility index (Phi) is 3.25. The fraction of sp³-hybridized carbons (Fsp3) is 0.364. The molecular weight excluding hydrogens is 300 g/mol. The number of aromatic nitrogens is 1. The summed E-state index contributed by atoms with van der Waals surface area (Å²) >= 11 is 3.32. The lowest BCUT2D eigenvalue weighted by Gasteiger charge is -2.18. The van der Waals surface area contributed by atoms with E-state index in [1.807, 2.05) is 6.92 Å². The smallest absolute Gasteiger partial charge is 0.229 e. The molecule has 7 heteroatoms. The van der Waals surface area contributed by atoms with E-state index in [0.717, 1.165) is 10.0 Å². The van der Waals surface area contributed by atoms with E-state index in [4.69, 9.17) is 11.5 Å². The number of hydrogen-bond donors (Lipinski definition) is 2. The van der Waals surface area contributed by atoms with Gasteiger partial charge in [0.15, 0.2) is 5.82 Å². The van der Waals surface area contributed by atoms with E-state index >= 15 is 0 Å². The molecule has 18 heavy (non-hydrogen) atoms. The van der Waals surface area contributed by atoms with Gasteiger partial charge in [-0.25, -0.2) is 4.98 Å². The monoisotopic (exact) mass is 312 g/mol. The number of rotatable bonds is 2. The predicted octanol–water partition coefficient (Wildman–Crippen LogP) is 0.573. The second-order valence-corrected chi connectivity index (χ2v) is 5.13. The minimum Gasteiger partial charge on any atom is -0.395 e. The fourth-order valence-electron chi connectivity index (χ4n) is 1.90. The summed E-state index contributed by atoms with van der Waals surface area (Å²) < 4.78 is 0.779. The van der Waals surface area contributed by atoms with Crippen molar-refractivity contribution >= 4 is 39.2 Å². The Morgan fingerprint density at radius 3 is 2.83 bits per heavy atom. The van der Waals surface area contributed by atoms with Crippen molar-refractivity contribution in [2.45, 2.75) is 13.3 Å². The average molecular weight is 313 g/mol. The molecule has 1 aliphatic rings. The van der Waals surface area contributed by atoms with Gasteiger partial charge in [0.1, 0.15) is 0 Å². The normalized spacial score (nSPS) is 19.3. The number of anilines is 2. The number of carbonyl (C=O) groups is 2. The average Bonchev–Trinajstić information content (AvgIpc) is 2.69. The van der Waals surface area contributed by atoms with Gasteiger partial charge in [-0.2, -0.15) is 0 Å². The summed E-state index contributed by atoms with van der Waals surface area (Å²) in [6, 6.07) is 0. The Labute approximate surface area is 112 Å². The van der Waals surface area contributed by atoms with E-state index in [1.54, 1.807) is 6.20 Å². The molecule has 2 amide bonds. The lowest BCUT2D eigenvalue weighted by molar-refractivity contribution is -0.123. The highest BCUT2D eigenvalue weighted by molar-refractivity contribution is 9.10. The minimum absolute atomic E-state index is 0.117. The summed E-state index contributed by atoms with van der Waals surface area (Å²) in [5.41, 5.74) is 12.4. The van der Waals surface area contributed by atoms with Crippen LogP contribution in [0.15, 0.2) is 10.7 Å². The second-order valence-electron chi connectivity index (χ2n) is 4.28. The first kappa shape index (κ1) is 12.8. The fourth-order valence-corrected chi connectivity index (χ4v) is 2.21. The van der Waals surface area contributed by atoms with Gasteiger partial charge in [-0.3, -0.25) is 14.5 Å². The van der Waals surface area contributed by atoms with Gasteiger partial charge in [-0.15, -0.1) is 0 Å². The van der Waals surface area contributed by atoms with Crippen molar-refractivity contribution in [3.05, 3.63) is 16.2 Å². The van der Waals surface area contributed by atoms with Crippen LogP contribution in [0.5, 0.6) is 0 Å². The van der Waals surface area contributed by atoms with E-state index in [0.29, 0.717) is 11.5 Å². The molecule has 0 aromatic carbocycles. The van der Waals surface area contributed by atoms with Gasteiger partial charge in [0.25, 0.3) is 0 Å². The van der Waals surface area contributed by atoms with E-state index in [9.17, 15) is 9.59 Å². The molecule has 0 spiro atoms. The summed E-state index contributed by atoms with van der Waals surface area (Å²) in [6.07, 6.45) is 1.71. The second kappa shape index (κ2) is 4.56.